The molecule has 1 aliphatic rings. The molecular formula is C20H19N3O3. The second kappa shape index (κ2) is 7.70. The molecule has 26 heavy (non-hydrogen) atoms. The van der Waals surface area contributed by atoms with E-state index in [1.807, 2.05) is 25.1 Å². The third kappa shape index (κ3) is 4.19. The number of carbonyl (C=O) groups is 2. The summed E-state index contributed by atoms with van der Waals surface area (Å²) < 4.78 is 5.57. The lowest BCUT2D eigenvalue weighted by molar-refractivity contribution is -0.123. The maximum atomic E-state index is 12.1. The van der Waals surface area contributed by atoms with Gasteiger partial charge in [0.15, 0.2) is 6.61 Å². The molecule has 6 heteroatoms. The zero-order chi connectivity index (χ0) is 18.5. The van der Waals surface area contributed by atoms with Crippen molar-refractivity contribution in [1.82, 2.24) is 5.32 Å². The average Bonchev–Trinajstić information content (AvgIpc) is 2.66. The van der Waals surface area contributed by atoms with E-state index in [0.29, 0.717) is 24.2 Å². The lowest BCUT2D eigenvalue weighted by Gasteiger charge is -2.18. The Labute approximate surface area is 151 Å². The van der Waals surface area contributed by atoms with Crippen molar-refractivity contribution >= 4 is 17.5 Å². The fourth-order valence-electron chi connectivity index (χ4n) is 2.81. The van der Waals surface area contributed by atoms with Gasteiger partial charge in [-0.1, -0.05) is 12.1 Å². The molecule has 0 spiro atoms. The smallest absolute Gasteiger partial charge is 0.258 e. The van der Waals surface area contributed by atoms with Crippen LogP contribution in [0.25, 0.3) is 0 Å². The molecule has 0 aromatic heterocycles. The number of benzene rings is 2. The number of hydrogen-bond donors (Lipinski definition) is 2. The van der Waals surface area contributed by atoms with Crippen molar-refractivity contribution in [2.75, 3.05) is 11.9 Å². The lowest BCUT2D eigenvalue weighted by atomic mass is 10.0. The molecule has 2 aromatic carbocycles. The van der Waals surface area contributed by atoms with Gasteiger partial charge in [0.2, 0.25) is 5.91 Å². The number of nitrogens with one attached hydrogen (secondary N) is 2. The van der Waals surface area contributed by atoms with Gasteiger partial charge in [0, 0.05) is 12.1 Å². The Kier molecular flexibility index (Phi) is 5.18. The largest absolute Gasteiger partial charge is 0.484 e. The third-order valence-electron chi connectivity index (χ3n) is 4.26. The molecule has 0 fully saturated rings. The molecule has 132 valence electrons. The van der Waals surface area contributed by atoms with Gasteiger partial charge in [-0.3, -0.25) is 9.59 Å². The normalized spacial score (nSPS) is 13.8. The van der Waals surface area contributed by atoms with Crippen molar-refractivity contribution in [1.29, 1.82) is 5.26 Å². The van der Waals surface area contributed by atoms with Gasteiger partial charge in [-0.05, 0) is 54.8 Å². The maximum absolute atomic E-state index is 12.1. The molecule has 6 nitrogen and oxygen atoms in total. The SMILES string of the molecule is CC(NC(=O)COc1ccc2c(c1)CCC(=O)N2)c1ccc(C#N)cc1. The number of carbonyl (C=O) groups excluding carboxylic acids is 2. The van der Waals surface area contributed by atoms with E-state index < -0.39 is 0 Å². The first-order chi connectivity index (χ1) is 12.5. The van der Waals surface area contributed by atoms with E-state index >= 15 is 0 Å². The van der Waals surface area contributed by atoms with Crippen molar-refractivity contribution in [2.45, 2.75) is 25.8 Å². The number of amides is 2. The number of ether oxygens (including phenoxy) is 1. The summed E-state index contributed by atoms with van der Waals surface area (Å²) in [6.45, 7) is 1.78. The van der Waals surface area contributed by atoms with E-state index in [9.17, 15) is 9.59 Å². The number of rotatable bonds is 5. The van der Waals surface area contributed by atoms with E-state index in [4.69, 9.17) is 10.00 Å². The molecule has 2 aromatic rings. The van der Waals surface area contributed by atoms with Crippen LogP contribution in [-0.4, -0.2) is 18.4 Å². The zero-order valence-electron chi connectivity index (χ0n) is 14.4. The van der Waals surface area contributed by atoms with Crippen LogP contribution in [0.4, 0.5) is 5.69 Å². The molecule has 1 aliphatic heterocycles. The van der Waals surface area contributed by atoms with Gasteiger partial charge in [-0.15, -0.1) is 0 Å². The molecule has 1 unspecified atom stereocenters. The van der Waals surface area contributed by atoms with E-state index in [0.717, 1.165) is 16.8 Å². The summed E-state index contributed by atoms with van der Waals surface area (Å²) in [5, 5.41) is 14.5. The second-order valence-corrected chi connectivity index (χ2v) is 6.18. The summed E-state index contributed by atoms with van der Waals surface area (Å²) in [6.07, 6.45) is 1.12. The fourth-order valence-corrected chi connectivity index (χ4v) is 2.81. The van der Waals surface area contributed by atoms with Gasteiger partial charge in [0.1, 0.15) is 5.75 Å². The first kappa shape index (κ1) is 17.5. The maximum Gasteiger partial charge on any atom is 0.258 e. The van der Waals surface area contributed by atoms with Crippen LogP contribution in [0.5, 0.6) is 5.75 Å². The number of hydrogen-bond acceptors (Lipinski definition) is 4. The second-order valence-electron chi connectivity index (χ2n) is 6.18. The fraction of sp³-hybridized carbons (Fsp3) is 0.250. The molecule has 2 N–H and O–H groups in total. The number of nitriles is 1. The molecule has 0 saturated heterocycles. The number of aryl methyl sites for hydroxylation is 1. The van der Waals surface area contributed by atoms with Crippen LogP contribution in [0.2, 0.25) is 0 Å². The van der Waals surface area contributed by atoms with Crippen LogP contribution in [0.15, 0.2) is 42.5 Å². The highest BCUT2D eigenvalue weighted by Gasteiger charge is 2.16. The summed E-state index contributed by atoms with van der Waals surface area (Å²) in [7, 11) is 0. The molecule has 0 aliphatic carbocycles. The van der Waals surface area contributed by atoms with E-state index in [-0.39, 0.29) is 24.5 Å². The van der Waals surface area contributed by atoms with Crippen LogP contribution in [0.1, 0.15) is 36.1 Å². The number of anilines is 1. The van der Waals surface area contributed by atoms with Crippen LogP contribution in [0.3, 0.4) is 0 Å². The topological polar surface area (TPSA) is 91.2 Å². The predicted molar refractivity (Wildman–Crippen MR) is 96.6 cm³/mol. The summed E-state index contributed by atoms with van der Waals surface area (Å²) in [5.41, 5.74) is 3.31. The highest BCUT2D eigenvalue weighted by molar-refractivity contribution is 5.94. The molecular weight excluding hydrogens is 330 g/mol. The van der Waals surface area contributed by atoms with Crippen LogP contribution in [0, 0.1) is 11.3 Å². The van der Waals surface area contributed by atoms with Crippen LogP contribution >= 0.6 is 0 Å². The molecule has 1 atom stereocenters. The molecule has 0 saturated carbocycles. The highest BCUT2D eigenvalue weighted by atomic mass is 16.5. The van der Waals surface area contributed by atoms with Crippen LogP contribution < -0.4 is 15.4 Å². The van der Waals surface area contributed by atoms with Gasteiger partial charge in [0.25, 0.3) is 5.91 Å². The quantitative estimate of drug-likeness (QED) is 0.868. The van der Waals surface area contributed by atoms with Crippen molar-refractivity contribution < 1.29 is 14.3 Å². The summed E-state index contributed by atoms with van der Waals surface area (Å²) >= 11 is 0. The van der Waals surface area contributed by atoms with E-state index in [2.05, 4.69) is 16.7 Å². The Hall–Kier alpha value is -3.33. The molecule has 0 radical (unpaired) electrons. The molecule has 1 heterocycles. The Morgan fingerprint density at radius 3 is 2.77 bits per heavy atom. The average molecular weight is 349 g/mol. The van der Waals surface area contributed by atoms with Gasteiger partial charge in [-0.25, -0.2) is 0 Å². The Morgan fingerprint density at radius 1 is 1.27 bits per heavy atom. The predicted octanol–water partition coefficient (Wildman–Crippen LogP) is 2.70. The van der Waals surface area contributed by atoms with Crippen molar-refractivity contribution in [3.05, 3.63) is 59.2 Å². The Morgan fingerprint density at radius 2 is 2.04 bits per heavy atom. The Bertz CT molecular complexity index is 869. The van der Waals surface area contributed by atoms with E-state index in [1.54, 1.807) is 24.3 Å². The minimum atomic E-state index is -0.229. The summed E-state index contributed by atoms with van der Waals surface area (Å²) in [5.74, 6) is 0.385. The summed E-state index contributed by atoms with van der Waals surface area (Å²) in [4.78, 5) is 23.5. The zero-order valence-corrected chi connectivity index (χ0v) is 14.4. The summed E-state index contributed by atoms with van der Waals surface area (Å²) in [6, 6.07) is 14.4. The van der Waals surface area contributed by atoms with Crippen molar-refractivity contribution in [3.8, 4) is 11.8 Å². The van der Waals surface area contributed by atoms with Crippen molar-refractivity contribution in [2.24, 2.45) is 0 Å². The van der Waals surface area contributed by atoms with E-state index in [1.165, 1.54) is 0 Å². The first-order valence-corrected chi connectivity index (χ1v) is 8.40. The standard InChI is InChI=1S/C20H19N3O3/c1-13(15-4-2-14(11-21)3-5-15)22-20(25)12-26-17-7-8-18-16(10-17)6-9-19(24)23-18/h2-5,7-8,10,13H,6,9,12H2,1H3,(H,22,25)(H,23,24). The monoisotopic (exact) mass is 349 g/mol. The molecule has 3 rings (SSSR count). The third-order valence-corrected chi connectivity index (χ3v) is 4.26. The minimum absolute atomic E-state index is 0.0161. The Balaban J connectivity index is 1.53. The van der Waals surface area contributed by atoms with Crippen LogP contribution in [-0.2, 0) is 16.0 Å². The number of fused-ring (bicyclic) bond motifs is 1. The number of nitrogens with zero attached hydrogens (tertiary/aromatic N) is 1. The van der Waals surface area contributed by atoms with Gasteiger partial charge in [-0.2, -0.15) is 5.26 Å². The first-order valence-electron chi connectivity index (χ1n) is 8.40. The molecule has 0 bridgehead atoms. The highest BCUT2D eigenvalue weighted by Crippen LogP contribution is 2.26. The van der Waals surface area contributed by atoms with Gasteiger partial charge < -0.3 is 15.4 Å². The molecule has 2 amide bonds. The van der Waals surface area contributed by atoms with Crippen molar-refractivity contribution in [3.63, 3.8) is 0 Å². The van der Waals surface area contributed by atoms with Gasteiger partial charge in [0.05, 0.1) is 17.7 Å². The minimum Gasteiger partial charge on any atom is -0.484 e. The van der Waals surface area contributed by atoms with Gasteiger partial charge >= 0.3 is 0 Å². The lowest BCUT2D eigenvalue weighted by Crippen LogP contribution is -2.31.